The summed E-state index contributed by atoms with van der Waals surface area (Å²) < 4.78 is 9.73. The molecule has 0 saturated carbocycles. The Morgan fingerprint density at radius 2 is 2.05 bits per heavy atom. The lowest BCUT2D eigenvalue weighted by Crippen LogP contribution is -2.12. The molecule has 2 aromatic heterocycles. The molecule has 6 heteroatoms. The van der Waals surface area contributed by atoms with Gasteiger partial charge in [-0.1, -0.05) is 20.3 Å². The van der Waals surface area contributed by atoms with Crippen LogP contribution in [0.15, 0.2) is 0 Å². The minimum absolute atomic E-state index is 0.127. The average molecular weight is 313 g/mol. The fourth-order valence-electron chi connectivity index (χ4n) is 2.53. The van der Waals surface area contributed by atoms with Gasteiger partial charge in [0.05, 0.1) is 17.7 Å². The molecule has 0 aromatic carbocycles. The SMILES string of the molecule is CCCCOCCn1c(C(C)Cl)nc2c(CC)nn(C)c21. The van der Waals surface area contributed by atoms with Crippen LogP contribution >= 0.6 is 11.6 Å². The van der Waals surface area contributed by atoms with Gasteiger partial charge in [-0.3, -0.25) is 4.68 Å². The van der Waals surface area contributed by atoms with Crippen molar-refractivity contribution in [1.29, 1.82) is 0 Å². The van der Waals surface area contributed by atoms with Gasteiger partial charge in [0.1, 0.15) is 11.3 Å². The summed E-state index contributed by atoms with van der Waals surface area (Å²) >= 11 is 6.29. The van der Waals surface area contributed by atoms with E-state index in [4.69, 9.17) is 21.3 Å². The summed E-state index contributed by atoms with van der Waals surface area (Å²) in [5, 5.41) is 4.41. The lowest BCUT2D eigenvalue weighted by atomic mass is 10.3. The number of rotatable bonds is 8. The summed E-state index contributed by atoms with van der Waals surface area (Å²) in [5.41, 5.74) is 3.03. The fourth-order valence-corrected chi connectivity index (χ4v) is 2.69. The number of aromatic nitrogens is 4. The quantitative estimate of drug-likeness (QED) is 0.554. The van der Waals surface area contributed by atoms with E-state index in [2.05, 4.69) is 23.5 Å². The molecule has 0 radical (unpaired) electrons. The van der Waals surface area contributed by atoms with Crippen molar-refractivity contribution in [2.24, 2.45) is 7.05 Å². The molecule has 0 N–H and O–H groups in total. The highest BCUT2D eigenvalue weighted by molar-refractivity contribution is 6.20. The van der Waals surface area contributed by atoms with Crippen LogP contribution in [0.4, 0.5) is 0 Å². The van der Waals surface area contributed by atoms with Crippen LogP contribution in [0.25, 0.3) is 11.2 Å². The number of alkyl halides is 1. The molecule has 1 unspecified atom stereocenters. The highest BCUT2D eigenvalue weighted by Crippen LogP contribution is 2.26. The standard InChI is InChI=1S/C15H25ClN4O/c1-5-7-9-21-10-8-20-14(11(3)16)17-13-12(6-2)18-19(4)15(13)20/h11H,5-10H2,1-4H3. The molecule has 2 heterocycles. The summed E-state index contributed by atoms with van der Waals surface area (Å²) in [6.45, 7) is 8.46. The number of ether oxygens (including phenoxy) is 1. The van der Waals surface area contributed by atoms with Gasteiger partial charge in [0, 0.05) is 20.2 Å². The van der Waals surface area contributed by atoms with Crippen molar-refractivity contribution in [1.82, 2.24) is 19.3 Å². The van der Waals surface area contributed by atoms with E-state index in [1.807, 2.05) is 18.7 Å². The Bertz CT molecular complexity index is 588. The number of nitrogens with zero attached hydrogens (tertiary/aromatic N) is 4. The summed E-state index contributed by atoms with van der Waals surface area (Å²) in [4.78, 5) is 4.71. The molecule has 21 heavy (non-hydrogen) atoms. The molecular formula is C15H25ClN4O. The molecule has 0 amide bonds. The van der Waals surface area contributed by atoms with E-state index >= 15 is 0 Å². The van der Waals surface area contributed by atoms with Crippen LogP contribution in [0.5, 0.6) is 0 Å². The Kier molecular flexibility index (Phi) is 5.65. The molecule has 2 aromatic rings. The Balaban J connectivity index is 2.26. The van der Waals surface area contributed by atoms with E-state index < -0.39 is 0 Å². The second-order valence-corrected chi connectivity index (χ2v) is 5.95. The third-order valence-corrected chi connectivity index (χ3v) is 3.81. The lowest BCUT2D eigenvalue weighted by Gasteiger charge is -2.11. The number of halogens is 1. The molecule has 0 spiro atoms. The summed E-state index contributed by atoms with van der Waals surface area (Å²) in [5.74, 6) is 0.897. The summed E-state index contributed by atoms with van der Waals surface area (Å²) in [6, 6.07) is 0. The van der Waals surface area contributed by atoms with Crippen molar-refractivity contribution >= 4 is 22.8 Å². The second kappa shape index (κ2) is 7.27. The fraction of sp³-hybridized carbons (Fsp3) is 0.733. The number of fused-ring (bicyclic) bond motifs is 1. The molecule has 2 rings (SSSR count). The monoisotopic (exact) mass is 312 g/mol. The molecule has 0 saturated heterocycles. The van der Waals surface area contributed by atoms with Crippen LogP contribution < -0.4 is 0 Å². The van der Waals surface area contributed by atoms with Crippen molar-refractivity contribution in [3.05, 3.63) is 11.5 Å². The zero-order chi connectivity index (χ0) is 15.4. The van der Waals surface area contributed by atoms with Crippen LogP contribution in [0, 0.1) is 0 Å². The zero-order valence-electron chi connectivity index (χ0n) is 13.4. The van der Waals surface area contributed by atoms with Crippen LogP contribution in [0.3, 0.4) is 0 Å². The van der Waals surface area contributed by atoms with Gasteiger partial charge in [-0.25, -0.2) is 4.98 Å². The molecular weight excluding hydrogens is 288 g/mol. The molecule has 1 atom stereocenters. The lowest BCUT2D eigenvalue weighted by molar-refractivity contribution is 0.123. The molecule has 0 aliphatic heterocycles. The van der Waals surface area contributed by atoms with Crippen molar-refractivity contribution in [2.45, 2.75) is 52.0 Å². The Hall–Kier alpha value is -1.07. The average Bonchev–Trinajstić information content (AvgIpc) is 2.97. The van der Waals surface area contributed by atoms with Crippen molar-refractivity contribution in [3.63, 3.8) is 0 Å². The maximum Gasteiger partial charge on any atom is 0.158 e. The second-order valence-electron chi connectivity index (χ2n) is 5.30. The maximum atomic E-state index is 6.29. The van der Waals surface area contributed by atoms with Crippen molar-refractivity contribution in [3.8, 4) is 0 Å². The summed E-state index contributed by atoms with van der Waals surface area (Å²) in [7, 11) is 1.96. The molecule has 0 aliphatic rings. The van der Waals surface area contributed by atoms with Gasteiger partial charge in [0.25, 0.3) is 0 Å². The first-order valence-corrected chi connectivity index (χ1v) is 8.17. The van der Waals surface area contributed by atoms with E-state index in [1.165, 1.54) is 0 Å². The number of hydrogen-bond donors (Lipinski definition) is 0. The molecule has 0 aliphatic carbocycles. The van der Waals surface area contributed by atoms with Crippen molar-refractivity contribution in [2.75, 3.05) is 13.2 Å². The zero-order valence-corrected chi connectivity index (χ0v) is 14.2. The van der Waals surface area contributed by atoms with Gasteiger partial charge in [-0.2, -0.15) is 5.10 Å². The van der Waals surface area contributed by atoms with Gasteiger partial charge >= 0.3 is 0 Å². The largest absolute Gasteiger partial charge is 0.380 e. The molecule has 0 fully saturated rings. The predicted octanol–water partition coefficient (Wildman–Crippen LogP) is 3.45. The normalized spacial score (nSPS) is 13.2. The third-order valence-electron chi connectivity index (χ3n) is 3.61. The van der Waals surface area contributed by atoms with Gasteiger partial charge in [-0.05, 0) is 19.8 Å². The van der Waals surface area contributed by atoms with Gasteiger partial charge in [0.15, 0.2) is 5.65 Å². The van der Waals surface area contributed by atoms with Crippen LogP contribution in [0.2, 0.25) is 0 Å². The highest BCUT2D eigenvalue weighted by atomic mass is 35.5. The van der Waals surface area contributed by atoms with Gasteiger partial charge < -0.3 is 9.30 Å². The van der Waals surface area contributed by atoms with E-state index in [1.54, 1.807) is 0 Å². The first-order valence-electron chi connectivity index (χ1n) is 7.73. The maximum absolute atomic E-state index is 6.29. The molecule has 0 bridgehead atoms. The Morgan fingerprint density at radius 1 is 1.29 bits per heavy atom. The van der Waals surface area contributed by atoms with Gasteiger partial charge in [-0.15, -0.1) is 11.6 Å². The molecule has 118 valence electrons. The number of unbranched alkanes of at least 4 members (excludes halogenated alkanes) is 1. The number of aryl methyl sites for hydroxylation is 2. The first kappa shape index (κ1) is 16.3. The highest BCUT2D eigenvalue weighted by Gasteiger charge is 2.20. The number of imidazole rings is 1. The number of hydrogen-bond acceptors (Lipinski definition) is 3. The summed E-state index contributed by atoms with van der Waals surface area (Å²) in [6.07, 6.45) is 3.13. The van der Waals surface area contributed by atoms with E-state index in [-0.39, 0.29) is 5.38 Å². The molecule has 5 nitrogen and oxygen atoms in total. The Labute approximate surface area is 131 Å². The van der Waals surface area contributed by atoms with E-state index in [9.17, 15) is 0 Å². The third kappa shape index (κ3) is 3.40. The van der Waals surface area contributed by atoms with Crippen LogP contribution in [-0.2, 0) is 24.8 Å². The minimum atomic E-state index is -0.127. The van der Waals surface area contributed by atoms with Gasteiger partial charge in [0.2, 0.25) is 0 Å². The topological polar surface area (TPSA) is 44.9 Å². The van der Waals surface area contributed by atoms with Crippen molar-refractivity contribution < 1.29 is 4.74 Å². The van der Waals surface area contributed by atoms with E-state index in [0.29, 0.717) is 6.61 Å². The smallest absolute Gasteiger partial charge is 0.158 e. The van der Waals surface area contributed by atoms with Crippen LogP contribution in [0.1, 0.15) is 50.5 Å². The van der Waals surface area contributed by atoms with Crippen LogP contribution in [-0.4, -0.2) is 32.5 Å². The minimum Gasteiger partial charge on any atom is -0.380 e. The van der Waals surface area contributed by atoms with E-state index in [0.717, 1.165) is 55.1 Å². The first-order chi connectivity index (χ1) is 10.1. The Morgan fingerprint density at radius 3 is 2.67 bits per heavy atom. The predicted molar refractivity (Wildman–Crippen MR) is 85.9 cm³/mol.